The molecule has 1 rings (SSSR count). The summed E-state index contributed by atoms with van der Waals surface area (Å²) in [5.74, 6) is 2.70. The molecule has 0 saturated carbocycles. The highest BCUT2D eigenvalue weighted by Gasteiger charge is 1.95. The molecule has 1 heterocycles. The zero-order valence-corrected chi connectivity index (χ0v) is 18.4. The summed E-state index contributed by atoms with van der Waals surface area (Å²) in [6.07, 6.45) is 28.1. The highest BCUT2D eigenvalue weighted by atomic mass is 16.3. The lowest BCUT2D eigenvalue weighted by atomic mass is 10.0. The van der Waals surface area contributed by atoms with Crippen LogP contribution in [0, 0.1) is 12.3 Å². The molecule has 0 aliphatic rings. The summed E-state index contributed by atoms with van der Waals surface area (Å²) in [6.45, 7) is 8.85. The second-order valence-electron chi connectivity index (χ2n) is 7.87. The van der Waals surface area contributed by atoms with Gasteiger partial charge in [-0.2, -0.15) is 0 Å². The minimum absolute atomic E-state index is 0.770. The van der Waals surface area contributed by atoms with E-state index in [2.05, 4.69) is 57.9 Å². The number of rotatable bonds is 13. The van der Waals surface area contributed by atoms with Gasteiger partial charge in [0.05, 0.1) is 12.5 Å². The molecule has 0 amide bonds. The number of hydrogen-bond acceptors (Lipinski definition) is 1. The van der Waals surface area contributed by atoms with Gasteiger partial charge in [-0.15, -0.1) is 12.3 Å². The fourth-order valence-corrected chi connectivity index (χ4v) is 3.10. The van der Waals surface area contributed by atoms with Crippen LogP contribution >= 0.6 is 0 Å². The SMILES string of the molecule is C#CC/C(C)=C/CC/C(C)=C/CC/C(C)=C/CC/C(C)=C/CCc1ccoc1. The van der Waals surface area contributed by atoms with Gasteiger partial charge in [0, 0.05) is 6.42 Å². The van der Waals surface area contributed by atoms with Gasteiger partial charge in [-0.3, -0.25) is 0 Å². The number of furan rings is 1. The molecule has 0 unspecified atom stereocenters. The van der Waals surface area contributed by atoms with Crippen molar-refractivity contribution in [2.75, 3.05) is 0 Å². The van der Waals surface area contributed by atoms with E-state index in [1.165, 1.54) is 27.9 Å². The van der Waals surface area contributed by atoms with Crippen LogP contribution in [0.2, 0.25) is 0 Å². The number of terminal acetylenes is 1. The summed E-state index contributed by atoms with van der Waals surface area (Å²) in [6, 6.07) is 2.04. The summed E-state index contributed by atoms with van der Waals surface area (Å²) in [7, 11) is 0. The van der Waals surface area contributed by atoms with Crippen molar-refractivity contribution in [2.45, 2.75) is 85.5 Å². The van der Waals surface area contributed by atoms with Crippen molar-refractivity contribution < 1.29 is 4.42 Å². The van der Waals surface area contributed by atoms with Gasteiger partial charge in [-0.1, -0.05) is 46.6 Å². The first-order valence-electron chi connectivity index (χ1n) is 10.6. The average Bonchev–Trinajstić information content (AvgIpc) is 3.15. The smallest absolute Gasteiger partial charge is 0.0934 e. The quantitative estimate of drug-likeness (QED) is 0.248. The molecule has 0 spiro atoms. The van der Waals surface area contributed by atoms with Crippen molar-refractivity contribution >= 4 is 0 Å². The van der Waals surface area contributed by atoms with E-state index in [0.717, 1.165) is 57.8 Å². The van der Waals surface area contributed by atoms with E-state index in [1.54, 1.807) is 6.26 Å². The molecule has 0 aliphatic heterocycles. The van der Waals surface area contributed by atoms with Crippen LogP contribution in [-0.4, -0.2) is 0 Å². The molecule has 0 aromatic carbocycles. The van der Waals surface area contributed by atoms with Gasteiger partial charge < -0.3 is 4.42 Å². The highest BCUT2D eigenvalue weighted by Crippen LogP contribution is 2.14. The number of aryl methyl sites for hydroxylation is 1. The molecule has 1 aromatic rings. The second kappa shape index (κ2) is 14.8. The molecular weight excluding hydrogens is 340 g/mol. The van der Waals surface area contributed by atoms with Gasteiger partial charge in [-0.05, 0) is 90.7 Å². The Kier molecular flexibility index (Phi) is 12.6. The maximum absolute atomic E-state index is 5.33. The molecule has 0 radical (unpaired) electrons. The van der Waals surface area contributed by atoms with Gasteiger partial charge in [0.1, 0.15) is 0 Å². The first-order valence-corrected chi connectivity index (χ1v) is 10.6. The fourth-order valence-electron chi connectivity index (χ4n) is 3.10. The van der Waals surface area contributed by atoms with Gasteiger partial charge >= 0.3 is 0 Å². The maximum Gasteiger partial charge on any atom is 0.0934 e. The molecule has 0 saturated heterocycles. The van der Waals surface area contributed by atoms with E-state index in [9.17, 15) is 0 Å². The summed E-state index contributed by atoms with van der Waals surface area (Å²) in [5, 5.41) is 0. The lowest BCUT2D eigenvalue weighted by Crippen LogP contribution is -1.83. The van der Waals surface area contributed by atoms with Crippen molar-refractivity contribution in [2.24, 2.45) is 0 Å². The van der Waals surface area contributed by atoms with Crippen LogP contribution in [-0.2, 0) is 6.42 Å². The van der Waals surface area contributed by atoms with Crippen molar-refractivity contribution in [3.8, 4) is 12.3 Å². The van der Waals surface area contributed by atoms with Crippen molar-refractivity contribution in [1.82, 2.24) is 0 Å². The van der Waals surface area contributed by atoms with E-state index in [-0.39, 0.29) is 0 Å². The summed E-state index contributed by atoms with van der Waals surface area (Å²) in [4.78, 5) is 0. The highest BCUT2D eigenvalue weighted by molar-refractivity contribution is 5.11. The molecule has 28 heavy (non-hydrogen) atoms. The van der Waals surface area contributed by atoms with Crippen LogP contribution in [0.15, 0.2) is 69.6 Å². The first-order chi connectivity index (χ1) is 13.5. The topological polar surface area (TPSA) is 13.1 Å². The third kappa shape index (κ3) is 12.2. The lowest BCUT2D eigenvalue weighted by Gasteiger charge is -2.03. The second-order valence-corrected chi connectivity index (χ2v) is 7.87. The third-order valence-electron chi connectivity index (χ3n) is 4.98. The van der Waals surface area contributed by atoms with E-state index >= 15 is 0 Å². The summed E-state index contributed by atoms with van der Waals surface area (Å²) < 4.78 is 5.11. The molecule has 0 atom stereocenters. The minimum atomic E-state index is 0.770. The van der Waals surface area contributed by atoms with Crippen LogP contribution in [0.3, 0.4) is 0 Å². The molecule has 1 heteroatoms. The van der Waals surface area contributed by atoms with Crippen LogP contribution < -0.4 is 0 Å². The van der Waals surface area contributed by atoms with Gasteiger partial charge in [-0.25, -0.2) is 0 Å². The predicted octanol–water partition coefficient (Wildman–Crippen LogP) is 8.36. The molecule has 1 nitrogen and oxygen atoms in total. The normalized spacial score (nSPS) is 13.7. The molecule has 0 fully saturated rings. The maximum atomic E-state index is 5.33. The summed E-state index contributed by atoms with van der Waals surface area (Å²) in [5.41, 5.74) is 7.05. The Morgan fingerprint density at radius 3 is 1.79 bits per heavy atom. The Morgan fingerprint density at radius 2 is 1.32 bits per heavy atom. The van der Waals surface area contributed by atoms with Gasteiger partial charge in [0.25, 0.3) is 0 Å². The van der Waals surface area contributed by atoms with Crippen molar-refractivity contribution in [3.05, 3.63) is 70.8 Å². The molecule has 0 aliphatic carbocycles. The van der Waals surface area contributed by atoms with E-state index in [1.807, 2.05) is 12.3 Å². The van der Waals surface area contributed by atoms with Gasteiger partial charge in [0.2, 0.25) is 0 Å². The van der Waals surface area contributed by atoms with Crippen molar-refractivity contribution in [3.63, 3.8) is 0 Å². The standard InChI is InChI=1S/C27H38O/c1-6-11-23(2)12-7-13-24(3)14-8-15-25(4)16-9-17-26(5)18-10-19-27-20-21-28-22-27/h1,12,14,16,18,20-22H,7-11,13,15,17,19H2,2-5H3/b23-12+,24-14+,25-16+,26-18+. The monoisotopic (exact) mass is 378 g/mol. The third-order valence-corrected chi connectivity index (χ3v) is 4.98. The molecule has 0 bridgehead atoms. The molecule has 0 N–H and O–H groups in total. The summed E-state index contributed by atoms with van der Waals surface area (Å²) >= 11 is 0. The zero-order valence-electron chi connectivity index (χ0n) is 18.4. The molecule has 152 valence electrons. The van der Waals surface area contributed by atoms with Gasteiger partial charge in [0.15, 0.2) is 0 Å². The number of hydrogen-bond donors (Lipinski definition) is 0. The Bertz CT molecular complexity index is 702. The average molecular weight is 379 g/mol. The first kappa shape index (κ1) is 23.8. The number of allylic oxidation sites excluding steroid dienone is 8. The van der Waals surface area contributed by atoms with Crippen LogP contribution in [0.4, 0.5) is 0 Å². The predicted molar refractivity (Wildman–Crippen MR) is 123 cm³/mol. The largest absolute Gasteiger partial charge is 0.472 e. The molecular formula is C27H38O. The van der Waals surface area contributed by atoms with Crippen LogP contribution in [0.25, 0.3) is 0 Å². The fraction of sp³-hybridized carbons (Fsp3) is 0.481. The Balaban J connectivity index is 2.19. The van der Waals surface area contributed by atoms with E-state index in [0.29, 0.717) is 0 Å². The Hall–Kier alpha value is -2.20. The van der Waals surface area contributed by atoms with Crippen molar-refractivity contribution in [1.29, 1.82) is 0 Å². The van der Waals surface area contributed by atoms with E-state index in [4.69, 9.17) is 10.8 Å². The Labute approximate surface area is 173 Å². The van der Waals surface area contributed by atoms with E-state index < -0.39 is 0 Å². The minimum Gasteiger partial charge on any atom is -0.472 e. The zero-order chi connectivity index (χ0) is 20.6. The Morgan fingerprint density at radius 1 is 0.821 bits per heavy atom. The molecule has 1 aromatic heterocycles. The lowest BCUT2D eigenvalue weighted by molar-refractivity contribution is 0.564. The van der Waals surface area contributed by atoms with Crippen LogP contribution in [0.1, 0.15) is 84.6 Å². The van der Waals surface area contributed by atoms with Crippen LogP contribution in [0.5, 0.6) is 0 Å².